The van der Waals surface area contributed by atoms with E-state index in [9.17, 15) is 4.39 Å². The maximum absolute atomic E-state index is 13.1. The van der Waals surface area contributed by atoms with E-state index in [0.717, 1.165) is 29.7 Å². The van der Waals surface area contributed by atoms with Gasteiger partial charge < -0.3 is 0 Å². The third-order valence-corrected chi connectivity index (χ3v) is 3.79. The van der Waals surface area contributed by atoms with Gasteiger partial charge in [-0.3, -0.25) is 4.98 Å². The lowest BCUT2D eigenvalue weighted by Gasteiger charge is -2.07. The van der Waals surface area contributed by atoms with Crippen LogP contribution in [0.15, 0.2) is 36.5 Å². The fourth-order valence-electron chi connectivity index (χ4n) is 2.09. The van der Waals surface area contributed by atoms with Gasteiger partial charge in [-0.05, 0) is 42.7 Å². The maximum Gasteiger partial charge on any atom is 0.141 e. The van der Waals surface area contributed by atoms with E-state index in [-0.39, 0.29) is 10.4 Å². The maximum atomic E-state index is 13.1. The summed E-state index contributed by atoms with van der Waals surface area (Å²) in [7, 11) is 0. The minimum absolute atomic E-state index is 0.0825. The standard InChI is InChI=1S/C15H10ClFN2/c16-12-7-10(1-3-13(12)17)14-4-2-11(8-19-14)15(9-18)5-6-15/h1-4,7-8H,5-6H2. The minimum Gasteiger partial charge on any atom is -0.256 e. The van der Waals surface area contributed by atoms with Crippen molar-refractivity contribution in [3.63, 3.8) is 0 Å². The SMILES string of the molecule is N#CC1(c2ccc(-c3ccc(F)c(Cl)c3)nc2)CC1. The third-order valence-electron chi connectivity index (χ3n) is 3.50. The highest BCUT2D eigenvalue weighted by atomic mass is 35.5. The van der Waals surface area contributed by atoms with Crippen molar-refractivity contribution in [2.75, 3.05) is 0 Å². The second kappa shape index (κ2) is 4.32. The van der Waals surface area contributed by atoms with Crippen molar-refractivity contribution in [1.29, 1.82) is 5.26 Å². The molecule has 19 heavy (non-hydrogen) atoms. The van der Waals surface area contributed by atoms with E-state index in [2.05, 4.69) is 11.1 Å². The molecule has 0 N–H and O–H groups in total. The Morgan fingerprint density at radius 3 is 2.58 bits per heavy atom. The first-order valence-electron chi connectivity index (χ1n) is 5.98. The van der Waals surface area contributed by atoms with E-state index < -0.39 is 5.82 Å². The number of nitrogens with zero attached hydrogens (tertiary/aromatic N) is 2. The summed E-state index contributed by atoms with van der Waals surface area (Å²) in [6.45, 7) is 0. The molecule has 2 aromatic rings. The summed E-state index contributed by atoms with van der Waals surface area (Å²) >= 11 is 5.75. The molecule has 1 aromatic heterocycles. The molecule has 0 amide bonds. The lowest BCUT2D eigenvalue weighted by Crippen LogP contribution is -2.02. The Labute approximate surface area is 115 Å². The van der Waals surface area contributed by atoms with Gasteiger partial charge in [-0.15, -0.1) is 0 Å². The van der Waals surface area contributed by atoms with Gasteiger partial charge in [-0.25, -0.2) is 4.39 Å². The van der Waals surface area contributed by atoms with E-state index in [1.54, 1.807) is 18.3 Å². The highest BCUT2D eigenvalue weighted by Crippen LogP contribution is 2.47. The van der Waals surface area contributed by atoms with Crippen molar-refractivity contribution < 1.29 is 4.39 Å². The van der Waals surface area contributed by atoms with Crippen LogP contribution in [0.4, 0.5) is 4.39 Å². The predicted molar refractivity (Wildman–Crippen MR) is 71.2 cm³/mol. The largest absolute Gasteiger partial charge is 0.256 e. The van der Waals surface area contributed by atoms with Gasteiger partial charge in [0.15, 0.2) is 0 Å². The summed E-state index contributed by atoms with van der Waals surface area (Å²) in [5.74, 6) is -0.441. The Kier molecular flexibility index (Phi) is 2.76. The monoisotopic (exact) mass is 272 g/mol. The van der Waals surface area contributed by atoms with Gasteiger partial charge in [0.25, 0.3) is 0 Å². The smallest absolute Gasteiger partial charge is 0.141 e. The van der Waals surface area contributed by atoms with Gasteiger partial charge in [0.05, 0.1) is 22.2 Å². The number of pyridine rings is 1. The van der Waals surface area contributed by atoms with E-state index in [0.29, 0.717) is 0 Å². The highest BCUT2D eigenvalue weighted by Gasteiger charge is 2.45. The molecule has 1 heterocycles. The zero-order valence-electron chi connectivity index (χ0n) is 10.0. The molecule has 0 saturated heterocycles. The number of benzene rings is 1. The molecule has 2 nitrogen and oxygen atoms in total. The van der Waals surface area contributed by atoms with E-state index in [1.807, 2.05) is 12.1 Å². The van der Waals surface area contributed by atoms with Crippen molar-refractivity contribution in [2.24, 2.45) is 0 Å². The third kappa shape index (κ3) is 2.09. The number of aromatic nitrogens is 1. The first-order chi connectivity index (χ1) is 9.14. The molecule has 3 rings (SSSR count). The van der Waals surface area contributed by atoms with Crippen molar-refractivity contribution >= 4 is 11.6 Å². The zero-order chi connectivity index (χ0) is 13.5. The summed E-state index contributed by atoms with van der Waals surface area (Å²) < 4.78 is 13.1. The van der Waals surface area contributed by atoms with Gasteiger partial charge in [0.1, 0.15) is 5.82 Å². The molecule has 4 heteroatoms. The zero-order valence-corrected chi connectivity index (χ0v) is 10.8. The van der Waals surface area contributed by atoms with Crippen molar-refractivity contribution in [2.45, 2.75) is 18.3 Å². The summed E-state index contributed by atoms with van der Waals surface area (Å²) in [5, 5.41) is 9.21. The highest BCUT2D eigenvalue weighted by molar-refractivity contribution is 6.31. The van der Waals surface area contributed by atoms with Crippen LogP contribution in [0.3, 0.4) is 0 Å². The fraction of sp³-hybridized carbons (Fsp3) is 0.200. The Balaban J connectivity index is 1.95. The molecular formula is C15H10ClFN2. The second-order valence-corrected chi connectivity index (χ2v) is 5.16. The van der Waals surface area contributed by atoms with Crippen LogP contribution in [-0.4, -0.2) is 4.98 Å². The van der Waals surface area contributed by atoms with Crippen LogP contribution in [0.5, 0.6) is 0 Å². The second-order valence-electron chi connectivity index (χ2n) is 4.75. The lowest BCUT2D eigenvalue weighted by molar-refractivity contribution is 0.628. The number of hydrogen-bond acceptors (Lipinski definition) is 2. The van der Waals surface area contributed by atoms with Crippen LogP contribution in [0.1, 0.15) is 18.4 Å². The van der Waals surface area contributed by atoms with Gasteiger partial charge >= 0.3 is 0 Å². The first kappa shape index (κ1) is 12.1. The van der Waals surface area contributed by atoms with Gasteiger partial charge in [-0.2, -0.15) is 5.26 Å². The van der Waals surface area contributed by atoms with Crippen LogP contribution < -0.4 is 0 Å². The molecule has 1 aliphatic carbocycles. The Hall–Kier alpha value is -1.92. The summed E-state index contributed by atoms with van der Waals surface area (Å²) in [4.78, 5) is 4.34. The van der Waals surface area contributed by atoms with Crippen LogP contribution in [0, 0.1) is 17.1 Å². The van der Waals surface area contributed by atoms with Gasteiger partial charge in [-0.1, -0.05) is 17.7 Å². The molecule has 1 aliphatic rings. The van der Waals surface area contributed by atoms with Crippen molar-refractivity contribution in [3.8, 4) is 17.3 Å². The average Bonchev–Trinajstić information content (AvgIpc) is 3.23. The number of halogens is 2. The molecule has 1 aromatic carbocycles. The molecule has 0 radical (unpaired) electrons. The van der Waals surface area contributed by atoms with E-state index >= 15 is 0 Å². The van der Waals surface area contributed by atoms with E-state index in [4.69, 9.17) is 16.9 Å². The molecule has 0 aliphatic heterocycles. The molecule has 0 unspecified atom stereocenters. The molecular weight excluding hydrogens is 263 g/mol. The summed E-state index contributed by atoms with van der Waals surface area (Å²) in [6.07, 6.45) is 3.52. The molecule has 0 spiro atoms. The topological polar surface area (TPSA) is 36.7 Å². The van der Waals surface area contributed by atoms with Crippen LogP contribution in [-0.2, 0) is 5.41 Å². The number of nitriles is 1. The van der Waals surface area contributed by atoms with Gasteiger partial charge in [0, 0.05) is 11.8 Å². The van der Waals surface area contributed by atoms with Crippen molar-refractivity contribution in [1.82, 2.24) is 4.98 Å². The summed E-state index contributed by atoms with van der Waals surface area (Å²) in [5.41, 5.74) is 2.11. The normalized spacial score (nSPS) is 15.8. The predicted octanol–water partition coefficient (Wildman–Crippen LogP) is 4.10. The molecule has 0 atom stereocenters. The van der Waals surface area contributed by atoms with Crippen molar-refractivity contribution in [3.05, 3.63) is 52.9 Å². The minimum atomic E-state index is -0.441. The number of rotatable bonds is 2. The molecule has 1 saturated carbocycles. The first-order valence-corrected chi connectivity index (χ1v) is 6.36. The molecule has 1 fully saturated rings. The Morgan fingerprint density at radius 2 is 2.05 bits per heavy atom. The Morgan fingerprint density at radius 1 is 1.26 bits per heavy atom. The van der Waals surface area contributed by atoms with Crippen LogP contribution in [0.25, 0.3) is 11.3 Å². The quantitative estimate of drug-likeness (QED) is 0.825. The lowest BCUT2D eigenvalue weighted by atomic mass is 9.99. The van der Waals surface area contributed by atoms with Crippen LogP contribution in [0.2, 0.25) is 5.02 Å². The fourth-order valence-corrected chi connectivity index (χ4v) is 2.27. The molecule has 0 bridgehead atoms. The molecule has 94 valence electrons. The van der Waals surface area contributed by atoms with Gasteiger partial charge in [0.2, 0.25) is 0 Å². The van der Waals surface area contributed by atoms with E-state index in [1.165, 1.54) is 6.07 Å². The average molecular weight is 273 g/mol. The van der Waals surface area contributed by atoms with Crippen LogP contribution >= 0.6 is 11.6 Å². The summed E-state index contributed by atoms with van der Waals surface area (Å²) in [6, 6.07) is 10.6. The Bertz CT molecular complexity index is 670. The number of hydrogen-bond donors (Lipinski definition) is 0.